The average molecular weight is 316 g/mol. The largest absolute Gasteiger partial charge is 0.309 e. The van der Waals surface area contributed by atoms with Gasteiger partial charge in [-0.15, -0.1) is 11.3 Å². The van der Waals surface area contributed by atoms with E-state index in [4.69, 9.17) is 0 Å². The van der Waals surface area contributed by atoms with E-state index in [2.05, 4.69) is 67.3 Å². The molecule has 1 atom stereocenters. The molecule has 1 aliphatic rings. The van der Waals surface area contributed by atoms with Crippen LogP contribution in [0.3, 0.4) is 0 Å². The molecule has 1 nitrogen and oxygen atoms in total. The normalized spacial score (nSPS) is 23.6. The number of hydrogen-bond donors (Lipinski definition) is 1. The summed E-state index contributed by atoms with van der Waals surface area (Å²) in [5.74, 6) is 0.713. The summed E-state index contributed by atoms with van der Waals surface area (Å²) in [6.07, 6.45) is 0. The van der Waals surface area contributed by atoms with E-state index in [-0.39, 0.29) is 0 Å². The van der Waals surface area contributed by atoms with Crippen LogP contribution in [0.2, 0.25) is 0 Å². The Hall–Kier alpha value is 0.140. The molecular weight excluding hydrogens is 294 g/mol. The fraction of sp³-hybridized carbons (Fsp3) is 0.714. The summed E-state index contributed by atoms with van der Waals surface area (Å²) >= 11 is 5.54. The fourth-order valence-corrected chi connectivity index (χ4v) is 4.92. The highest BCUT2D eigenvalue weighted by atomic mass is 79.9. The molecule has 1 heterocycles. The van der Waals surface area contributed by atoms with E-state index < -0.39 is 0 Å². The van der Waals surface area contributed by atoms with Crippen molar-refractivity contribution in [1.29, 1.82) is 0 Å². The van der Waals surface area contributed by atoms with E-state index in [1.807, 2.05) is 11.3 Å². The number of nitrogens with one attached hydrogen (secondary N) is 1. The van der Waals surface area contributed by atoms with Crippen LogP contribution in [0.4, 0.5) is 0 Å². The summed E-state index contributed by atoms with van der Waals surface area (Å²) < 4.78 is 1.26. The number of thiophene rings is 1. The lowest BCUT2D eigenvalue weighted by Gasteiger charge is -2.19. The minimum atomic E-state index is 0.420. The van der Waals surface area contributed by atoms with Gasteiger partial charge in [0.1, 0.15) is 0 Å². The molecule has 17 heavy (non-hydrogen) atoms. The molecule has 1 N–H and O–H groups in total. The van der Waals surface area contributed by atoms with Crippen LogP contribution in [-0.2, 0) is 0 Å². The Bertz CT molecular complexity index is 394. The van der Waals surface area contributed by atoms with Gasteiger partial charge in [0.15, 0.2) is 0 Å². The van der Waals surface area contributed by atoms with Crippen molar-refractivity contribution in [3.8, 4) is 0 Å². The van der Waals surface area contributed by atoms with Gasteiger partial charge in [0, 0.05) is 15.4 Å². The van der Waals surface area contributed by atoms with E-state index in [0.29, 0.717) is 22.8 Å². The maximum atomic E-state index is 3.68. The van der Waals surface area contributed by atoms with Gasteiger partial charge >= 0.3 is 0 Å². The average Bonchev–Trinajstić information content (AvgIpc) is 2.56. The third kappa shape index (κ3) is 2.00. The summed E-state index contributed by atoms with van der Waals surface area (Å²) in [4.78, 5) is 1.45. The van der Waals surface area contributed by atoms with Gasteiger partial charge in [-0.3, -0.25) is 0 Å². The van der Waals surface area contributed by atoms with E-state index in [0.717, 1.165) is 6.54 Å². The van der Waals surface area contributed by atoms with Crippen LogP contribution >= 0.6 is 27.3 Å². The SMILES string of the molecule is CCNC(c1sccc1Br)C1C(C)(C)C1(C)C. The Labute approximate surface area is 117 Å². The summed E-state index contributed by atoms with van der Waals surface area (Å²) in [5, 5.41) is 5.85. The summed E-state index contributed by atoms with van der Waals surface area (Å²) in [7, 11) is 0. The topological polar surface area (TPSA) is 12.0 Å². The Morgan fingerprint density at radius 1 is 1.35 bits per heavy atom. The standard InChI is InChI=1S/C14H22BrNS/c1-6-16-10(11-9(15)7-8-17-11)12-13(2,3)14(12,4)5/h7-8,10,12,16H,6H2,1-5H3. The highest BCUT2D eigenvalue weighted by Crippen LogP contribution is 2.72. The molecule has 1 aromatic heterocycles. The molecule has 1 aliphatic carbocycles. The van der Waals surface area contributed by atoms with Gasteiger partial charge in [-0.25, -0.2) is 0 Å². The first kappa shape index (κ1) is 13.6. The Morgan fingerprint density at radius 3 is 2.29 bits per heavy atom. The van der Waals surface area contributed by atoms with E-state index in [1.54, 1.807) is 0 Å². The third-order valence-electron chi connectivity index (χ3n) is 4.82. The van der Waals surface area contributed by atoms with Gasteiger partial charge in [-0.05, 0) is 50.7 Å². The molecule has 1 aromatic rings. The molecule has 1 fully saturated rings. The maximum absolute atomic E-state index is 3.68. The summed E-state index contributed by atoms with van der Waals surface area (Å²) in [6, 6.07) is 2.64. The van der Waals surface area contributed by atoms with Crippen LogP contribution in [0, 0.1) is 16.7 Å². The van der Waals surface area contributed by atoms with Crippen molar-refractivity contribution in [2.45, 2.75) is 40.7 Å². The predicted octanol–water partition coefficient (Wildman–Crippen LogP) is 4.84. The van der Waals surface area contributed by atoms with Crippen molar-refractivity contribution in [3.63, 3.8) is 0 Å². The molecular formula is C14H22BrNS. The molecule has 0 radical (unpaired) electrons. The number of halogens is 1. The van der Waals surface area contributed by atoms with Crippen LogP contribution in [0.15, 0.2) is 15.9 Å². The zero-order chi connectivity index (χ0) is 12.8. The van der Waals surface area contributed by atoms with Crippen molar-refractivity contribution >= 4 is 27.3 Å². The lowest BCUT2D eigenvalue weighted by atomic mass is 10.0. The summed E-state index contributed by atoms with van der Waals surface area (Å²) in [5.41, 5.74) is 0.840. The van der Waals surface area contributed by atoms with E-state index >= 15 is 0 Å². The van der Waals surface area contributed by atoms with Gasteiger partial charge in [0.25, 0.3) is 0 Å². The molecule has 96 valence electrons. The monoisotopic (exact) mass is 315 g/mol. The molecule has 0 saturated heterocycles. The molecule has 0 spiro atoms. The molecule has 0 amide bonds. The first-order valence-corrected chi connectivity index (χ1v) is 7.97. The second kappa shape index (κ2) is 4.36. The number of rotatable bonds is 4. The molecule has 0 aromatic carbocycles. The fourth-order valence-electron chi connectivity index (χ4n) is 3.19. The molecule has 0 bridgehead atoms. The first-order chi connectivity index (χ1) is 7.84. The minimum Gasteiger partial charge on any atom is -0.309 e. The molecule has 2 rings (SSSR count). The van der Waals surface area contributed by atoms with Gasteiger partial charge in [-0.1, -0.05) is 34.6 Å². The second-order valence-corrected chi connectivity index (χ2v) is 7.89. The summed E-state index contributed by atoms with van der Waals surface area (Å²) in [6.45, 7) is 12.8. The van der Waals surface area contributed by atoms with Gasteiger partial charge in [0.2, 0.25) is 0 Å². The molecule has 3 heteroatoms. The van der Waals surface area contributed by atoms with Crippen molar-refractivity contribution in [3.05, 3.63) is 20.8 Å². The molecule has 1 unspecified atom stereocenters. The smallest absolute Gasteiger partial charge is 0.0465 e. The van der Waals surface area contributed by atoms with Crippen LogP contribution < -0.4 is 5.32 Å². The minimum absolute atomic E-state index is 0.420. The number of hydrogen-bond acceptors (Lipinski definition) is 2. The van der Waals surface area contributed by atoms with Crippen LogP contribution in [0.1, 0.15) is 45.5 Å². The van der Waals surface area contributed by atoms with E-state index in [9.17, 15) is 0 Å². The lowest BCUT2D eigenvalue weighted by molar-refractivity contribution is 0.423. The van der Waals surface area contributed by atoms with Gasteiger partial charge in [-0.2, -0.15) is 0 Å². The van der Waals surface area contributed by atoms with Crippen molar-refractivity contribution in [2.24, 2.45) is 16.7 Å². The lowest BCUT2D eigenvalue weighted by Crippen LogP contribution is -2.24. The van der Waals surface area contributed by atoms with Gasteiger partial charge in [0.05, 0.1) is 0 Å². The van der Waals surface area contributed by atoms with Gasteiger partial charge < -0.3 is 5.32 Å². The second-order valence-electron chi connectivity index (χ2n) is 6.09. The highest BCUT2D eigenvalue weighted by molar-refractivity contribution is 9.10. The Balaban J connectivity index is 2.30. The van der Waals surface area contributed by atoms with E-state index in [1.165, 1.54) is 9.35 Å². The zero-order valence-corrected chi connectivity index (χ0v) is 13.7. The van der Waals surface area contributed by atoms with Crippen LogP contribution in [-0.4, -0.2) is 6.54 Å². The predicted molar refractivity (Wildman–Crippen MR) is 79.5 cm³/mol. The van der Waals surface area contributed by atoms with Crippen molar-refractivity contribution in [2.75, 3.05) is 6.54 Å². The zero-order valence-electron chi connectivity index (χ0n) is 11.3. The Kier molecular flexibility index (Phi) is 3.48. The Morgan fingerprint density at radius 2 is 1.94 bits per heavy atom. The van der Waals surface area contributed by atoms with Crippen molar-refractivity contribution < 1.29 is 0 Å². The third-order valence-corrected chi connectivity index (χ3v) is 6.77. The van der Waals surface area contributed by atoms with Crippen LogP contribution in [0.5, 0.6) is 0 Å². The quantitative estimate of drug-likeness (QED) is 0.838. The van der Waals surface area contributed by atoms with Crippen LogP contribution in [0.25, 0.3) is 0 Å². The van der Waals surface area contributed by atoms with Crippen molar-refractivity contribution in [1.82, 2.24) is 5.32 Å². The first-order valence-electron chi connectivity index (χ1n) is 6.30. The molecule has 0 aliphatic heterocycles. The maximum Gasteiger partial charge on any atom is 0.0465 e. The highest BCUT2D eigenvalue weighted by Gasteiger charge is 2.67. The molecule has 1 saturated carbocycles.